The Morgan fingerprint density at radius 2 is 2.16 bits per heavy atom. The highest BCUT2D eigenvalue weighted by atomic mass is 32.1. The predicted molar refractivity (Wildman–Crippen MR) is 95.5 cm³/mol. The minimum absolute atomic E-state index is 0.0585. The molecule has 134 valence electrons. The van der Waals surface area contributed by atoms with Crippen LogP contribution in [0.5, 0.6) is 0 Å². The predicted octanol–water partition coefficient (Wildman–Crippen LogP) is 1.77. The molecule has 0 saturated carbocycles. The average molecular weight is 361 g/mol. The first-order valence-electron chi connectivity index (χ1n) is 8.50. The maximum Gasteiger partial charge on any atom is 0.263 e. The topological polar surface area (TPSA) is 80.1 Å². The second-order valence-electron chi connectivity index (χ2n) is 6.46. The van der Waals surface area contributed by atoms with Gasteiger partial charge in [0.15, 0.2) is 0 Å². The molecule has 1 fully saturated rings. The largest absolute Gasteiger partial charge is 0.348 e. The van der Waals surface area contributed by atoms with Crippen molar-refractivity contribution in [3.8, 4) is 0 Å². The number of carbonyl (C=O) groups excluding carboxylic acids is 2. The van der Waals surface area contributed by atoms with Crippen molar-refractivity contribution >= 4 is 23.2 Å². The molecule has 3 rings (SSSR count). The molecule has 1 saturated heterocycles. The number of nitrogens with zero attached hydrogens (tertiary/aromatic N) is 4. The average Bonchev–Trinajstić information content (AvgIpc) is 3.10. The summed E-state index contributed by atoms with van der Waals surface area (Å²) in [7, 11) is 0. The number of thiazole rings is 1. The quantitative estimate of drug-likeness (QED) is 0.900. The lowest BCUT2D eigenvalue weighted by atomic mass is 10.1. The summed E-state index contributed by atoms with van der Waals surface area (Å²) in [5.74, 6) is 0.0187. The van der Waals surface area contributed by atoms with E-state index in [-0.39, 0.29) is 24.4 Å². The first-order valence-corrected chi connectivity index (χ1v) is 9.38. The molecule has 2 aromatic heterocycles. The Labute approximate surface area is 151 Å². The number of carbonyl (C=O) groups is 2. The Bertz CT molecular complexity index is 754. The molecule has 0 bridgehead atoms. The van der Waals surface area contributed by atoms with Crippen LogP contribution in [0, 0.1) is 13.8 Å². The number of aromatic nitrogens is 3. The lowest BCUT2D eigenvalue weighted by Crippen LogP contribution is -2.37. The monoisotopic (exact) mass is 361 g/mol. The summed E-state index contributed by atoms with van der Waals surface area (Å²) in [6.45, 7) is 5.45. The lowest BCUT2D eigenvalue weighted by molar-refractivity contribution is -0.132. The fraction of sp³-hybridized carbons (Fsp3) is 0.529. The first kappa shape index (κ1) is 17.6. The minimum Gasteiger partial charge on any atom is -0.348 e. The number of hydrogen-bond donors (Lipinski definition) is 1. The van der Waals surface area contributed by atoms with E-state index in [4.69, 9.17) is 0 Å². The van der Waals surface area contributed by atoms with Crippen LogP contribution in [0.2, 0.25) is 0 Å². The summed E-state index contributed by atoms with van der Waals surface area (Å²) in [4.78, 5) is 31.5. The number of amides is 2. The van der Waals surface area contributed by atoms with Crippen LogP contribution in [0.4, 0.5) is 0 Å². The first-order chi connectivity index (χ1) is 12.0. The SMILES string of the molecule is Cc1cnn(CC(=O)N2CCC[C@H](NC(=O)c3scnc3C)CC2)c1. The van der Waals surface area contributed by atoms with E-state index in [0.717, 1.165) is 37.1 Å². The zero-order valence-electron chi connectivity index (χ0n) is 14.6. The summed E-state index contributed by atoms with van der Waals surface area (Å²) in [5, 5.41) is 7.26. The second kappa shape index (κ2) is 7.77. The summed E-state index contributed by atoms with van der Waals surface area (Å²) in [5.41, 5.74) is 3.50. The Morgan fingerprint density at radius 1 is 1.32 bits per heavy atom. The molecule has 8 heteroatoms. The molecule has 0 unspecified atom stereocenters. The summed E-state index contributed by atoms with van der Waals surface area (Å²) >= 11 is 1.36. The Balaban J connectivity index is 1.52. The Morgan fingerprint density at radius 3 is 2.84 bits per heavy atom. The van der Waals surface area contributed by atoms with Gasteiger partial charge in [-0.05, 0) is 38.7 Å². The number of hydrogen-bond acceptors (Lipinski definition) is 5. The molecule has 2 amide bonds. The Hall–Kier alpha value is -2.22. The number of nitrogens with one attached hydrogen (secondary N) is 1. The van der Waals surface area contributed by atoms with Crippen LogP contribution in [0.25, 0.3) is 0 Å². The molecule has 0 radical (unpaired) electrons. The summed E-state index contributed by atoms with van der Waals surface area (Å²) < 4.78 is 1.67. The van der Waals surface area contributed by atoms with Crippen molar-refractivity contribution in [2.24, 2.45) is 0 Å². The van der Waals surface area contributed by atoms with Gasteiger partial charge in [0.05, 0.1) is 17.4 Å². The molecule has 0 aliphatic carbocycles. The van der Waals surface area contributed by atoms with Gasteiger partial charge in [0, 0.05) is 25.3 Å². The van der Waals surface area contributed by atoms with E-state index in [1.54, 1.807) is 16.4 Å². The molecule has 1 N–H and O–H groups in total. The third-order valence-corrected chi connectivity index (χ3v) is 5.35. The third kappa shape index (κ3) is 4.45. The van der Waals surface area contributed by atoms with Gasteiger partial charge in [0.25, 0.3) is 5.91 Å². The van der Waals surface area contributed by atoms with E-state index in [9.17, 15) is 9.59 Å². The molecule has 2 aromatic rings. The molecule has 1 aliphatic rings. The lowest BCUT2D eigenvalue weighted by Gasteiger charge is -2.21. The number of likely N-dealkylation sites (tertiary alicyclic amines) is 1. The van der Waals surface area contributed by atoms with Crippen molar-refractivity contribution in [2.75, 3.05) is 13.1 Å². The fourth-order valence-electron chi connectivity index (χ4n) is 3.05. The molecule has 1 aliphatic heterocycles. The van der Waals surface area contributed by atoms with Crippen LogP contribution in [0.1, 0.15) is 40.2 Å². The molecule has 25 heavy (non-hydrogen) atoms. The normalized spacial score (nSPS) is 18.0. The highest BCUT2D eigenvalue weighted by Crippen LogP contribution is 2.16. The fourth-order valence-corrected chi connectivity index (χ4v) is 3.76. The van der Waals surface area contributed by atoms with Gasteiger partial charge in [0.2, 0.25) is 5.91 Å². The highest BCUT2D eigenvalue weighted by molar-refractivity contribution is 7.11. The maximum atomic E-state index is 12.5. The van der Waals surface area contributed by atoms with Crippen LogP contribution in [-0.4, -0.2) is 50.6 Å². The van der Waals surface area contributed by atoms with Crippen LogP contribution >= 0.6 is 11.3 Å². The second-order valence-corrected chi connectivity index (χ2v) is 7.32. The van der Waals surface area contributed by atoms with Gasteiger partial charge in [-0.2, -0.15) is 5.10 Å². The van der Waals surface area contributed by atoms with E-state index in [0.29, 0.717) is 11.4 Å². The van der Waals surface area contributed by atoms with Crippen molar-refractivity contribution in [2.45, 2.75) is 45.7 Å². The standard InChI is InChI=1S/C17H23N5O2S/c1-12-8-19-22(9-12)10-15(23)21-6-3-4-14(5-7-21)20-17(24)16-13(2)18-11-25-16/h8-9,11,14H,3-7,10H2,1-2H3,(H,20,24)/t14-/m0/s1. The van der Waals surface area contributed by atoms with E-state index in [1.165, 1.54) is 11.3 Å². The van der Waals surface area contributed by atoms with Gasteiger partial charge >= 0.3 is 0 Å². The van der Waals surface area contributed by atoms with Crippen LogP contribution < -0.4 is 5.32 Å². The smallest absolute Gasteiger partial charge is 0.263 e. The van der Waals surface area contributed by atoms with Gasteiger partial charge in [-0.1, -0.05) is 0 Å². The van der Waals surface area contributed by atoms with E-state index >= 15 is 0 Å². The molecular weight excluding hydrogens is 338 g/mol. The van der Waals surface area contributed by atoms with Gasteiger partial charge in [-0.25, -0.2) is 4.98 Å². The van der Waals surface area contributed by atoms with Crippen molar-refractivity contribution in [1.29, 1.82) is 0 Å². The van der Waals surface area contributed by atoms with E-state index in [2.05, 4.69) is 15.4 Å². The van der Waals surface area contributed by atoms with Crippen molar-refractivity contribution in [3.63, 3.8) is 0 Å². The molecule has 3 heterocycles. The highest BCUT2D eigenvalue weighted by Gasteiger charge is 2.23. The third-order valence-electron chi connectivity index (χ3n) is 4.43. The molecular formula is C17H23N5O2S. The van der Waals surface area contributed by atoms with E-state index < -0.39 is 0 Å². The van der Waals surface area contributed by atoms with Crippen molar-refractivity contribution in [3.05, 3.63) is 34.0 Å². The van der Waals surface area contributed by atoms with Gasteiger partial charge in [-0.15, -0.1) is 11.3 Å². The van der Waals surface area contributed by atoms with Crippen LogP contribution in [0.3, 0.4) is 0 Å². The summed E-state index contributed by atoms with van der Waals surface area (Å²) in [6, 6.07) is 0.0961. The zero-order valence-corrected chi connectivity index (χ0v) is 15.4. The summed E-state index contributed by atoms with van der Waals surface area (Å²) in [6.07, 6.45) is 6.16. The molecule has 1 atom stereocenters. The van der Waals surface area contributed by atoms with E-state index in [1.807, 2.05) is 24.9 Å². The van der Waals surface area contributed by atoms with Gasteiger partial charge < -0.3 is 10.2 Å². The molecule has 0 spiro atoms. The van der Waals surface area contributed by atoms with Crippen LogP contribution in [-0.2, 0) is 11.3 Å². The van der Waals surface area contributed by atoms with Crippen LogP contribution in [0.15, 0.2) is 17.9 Å². The van der Waals surface area contributed by atoms with Crippen molar-refractivity contribution < 1.29 is 9.59 Å². The minimum atomic E-state index is -0.0585. The van der Waals surface area contributed by atoms with Crippen molar-refractivity contribution in [1.82, 2.24) is 25.0 Å². The molecule has 7 nitrogen and oxygen atoms in total. The number of rotatable bonds is 4. The maximum absolute atomic E-state index is 12.5. The number of aryl methyl sites for hydroxylation is 2. The molecule has 0 aromatic carbocycles. The van der Waals surface area contributed by atoms with Gasteiger partial charge in [-0.3, -0.25) is 14.3 Å². The van der Waals surface area contributed by atoms with Gasteiger partial charge in [0.1, 0.15) is 11.4 Å². The zero-order chi connectivity index (χ0) is 17.8. The Kier molecular flexibility index (Phi) is 5.47.